The standard InChI is InChI=1S/C18H26N2O3/c1-3-13(2)19-18(21)15-6-8-20(9-7-15)11-14-4-5-16-17(10-14)23-12-22-16/h4-5,10,13,15H,3,6-9,11-12H2,1-2H3,(H,19,21)/p+1/t13-/m1/s1. The fourth-order valence-corrected chi connectivity index (χ4v) is 3.27. The van der Waals surface area contributed by atoms with Crippen LogP contribution in [0.3, 0.4) is 0 Å². The van der Waals surface area contributed by atoms with Crippen LogP contribution in [0.2, 0.25) is 0 Å². The van der Waals surface area contributed by atoms with Gasteiger partial charge in [0.05, 0.1) is 13.1 Å². The topological polar surface area (TPSA) is 52.0 Å². The van der Waals surface area contributed by atoms with Gasteiger partial charge < -0.3 is 19.7 Å². The van der Waals surface area contributed by atoms with Crippen molar-refractivity contribution in [3.8, 4) is 11.5 Å². The first-order valence-electron chi connectivity index (χ1n) is 8.68. The van der Waals surface area contributed by atoms with E-state index in [2.05, 4.69) is 31.3 Å². The molecule has 1 fully saturated rings. The minimum Gasteiger partial charge on any atom is -0.454 e. The summed E-state index contributed by atoms with van der Waals surface area (Å²) in [5.41, 5.74) is 1.27. The fraction of sp³-hybridized carbons (Fsp3) is 0.611. The van der Waals surface area contributed by atoms with Gasteiger partial charge in [-0.15, -0.1) is 0 Å². The molecule has 1 atom stereocenters. The molecule has 0 saturated carbocycles. The number of fused-ring (bicyclic) bond motifs is 1. The Morgan fingerprint density at radius 3 is 2.78 bits per heavy atom. The van der Waals surface area contributed by atoms with Gasteiger partial charge in [-0.25, -0.2) is 0 Å². The maximum atomic E-state index is 12.2. The SMILES string of the molecule is CC[C@@H](C)NC(=O)C1CC[NH+](Cc2ccc3c(c2)OCO3)CC1. The molecule has 5 nitrogen and oxygen atoms in total. The predicted molar refractivity (Wildman–Crippen MR) is 87.6 cm³/mol. The normalized spacial score (nSPS) is 24.3. The van der Waals surface area contributed by atoms with E-state index in [4.69, 9.17) is 9.47 Å². The zero-order valence-corrected chi connectivity index (χ0v) is 14.1. The van der Waals surface area contributed by atoms with Crippen molar-refractivity contribution in [1.82, 2.24) is 5.32 Å². The Balaban J connectivity index is 1.48. The van der Waals surface area contributed by atoms with Crippen molar-refractivity contribution < 1.29 is 19.2 Å². The number of ether oxygens (including phenoxy) is 2. The summed E-state index contributed by atoms with van der Waals surface area (Å²) in [6, 6.07) is 6.46. The zero-order valence-electron chi connectivity index (χ0n) is 14.1. The average Bonchev–Trinajstić information content (AvgIpc) is 3.03. The molecule has 0 unspecified atom stereocenters. The molecule has 1 amide bonds. The van der Waals surface area contributed by atoms with Gasteiger partial charge in [0.2, 0.25) is 12.7 Å². The van der Waals surface area contributed by atoms with Crippen molar-refractivity contribution in [2.24, 2.45) is 5.92 Å². The van der Waals surface area contributed by atoms with Gasteiger partial charge in [0, 0.05) is 30.4 Å². The van der Waals surface area contributed by atoms with Gasteiger partial charge in [0.25, 0.3) is 0 Å². The second-order valence-corrected chi connectivity index (χ2v) is 6.71. The summed E-state index contributed by atoms with van der Waals surface area (Å²) in [5.74, 6) is 2.11. The Kier molecular flexibility index (Phi) is 5.06. The lowest BCUT2D eigenvalue weighted by atomic mass is 9.95. The van der Waals surface area contributed by atoms with E-state index in [0.717, 1.165) is 50.4 Å². The Morgan fingerprint density at radius 2 is 2.04 bits per heavy atom. The number of quaternary nitrogens is 1. The smallest absolute Gasteiger partial charge is 0.231 e. The number of carbonyl (C=O) groups excluding carboxylic acids is 1. The summed E-state index contributed by atoms with van der Waals surface area (Å²) >= 11 is 0. The van der Waals surface area contributed by atoms with Gasteiger partial charge in [-0.1, -0.05) is 6.92 Å². The van der Waals surface area contributed by atoms with Gasteiger partial charge in [0.15, 0.2) is 11.5 Å². The van der Waals surface area contributed by atoms with E-state index in [0.29, 0.717) is 6.79 Å². The molecule has 2 aliphatic heterocycles. The molecular weight excluding hydrogens is 292 g/mol. The van der Waals surface area contributed by atoms with Crippen molar-refractivity contribution in [2.45, 2.75) is 45.7 Å². The molecule has 0 aliphatic carbocycles. The molecule has 0 spiro atoms. The van der Waals surface area contributed by atoms with Crippen molar-refractivity contribution in [3.05, 3.63) is 23.8 Å². The first-order chi connectivity index (χ1) is 11.2. The summed E-state index contributed by atoms with van der Waals surface area (Å²) in [7, 11) is 0. The minimum atomic E-state index is 0.185. The van der Waals surface area contributed by atoms with Crippen LogP contribution in [0.15, 0.2) is 18.2 Å². The van der Waals surface area contributed by atoms with Gasteiger partial charge in [-0.2, -0.15) is 0 Å². The molecule has 0 aromatic heterocycles. The molecule has 1 aromatic carbocycles. The first kappa shape index (κ1) is 16.1. The molecule has 1 saturated heterocycles. The first-order valence-corrected chi connectivity index (χ1v) is 8.68. The average molecular weight is 319 g/mol. The molecule has 23 heavy (non-hydrogen) atoms. The van der Waals surface area contributed by atoms with E-state index in [1.165, 1.54) is 10.5 Å². The van der Waals surface area contributed by atoms with Crippen LogP contribution in [0.5, 0.6) is 11.5 Å². The highest BCUT2D eigenvalue weighted by Crippen LogP contribution is 2.32. The minimum absolute atomic E-state index is 0.185. The van der Waals surface area contributed by atoms with Crippen LogP contribution in [0.1, 0.15) is 38.7 Å². The monoisotopic (exact) mass is 319 g/mol. The van der Waals surface area contributed by atoms with Crippen LogP contribution >= 0.6 is 0 Å². The summed E-state index contributed by atoms with van der Waals surface area (Å²) < 4.78 is 10.8. The lowest BCUT2D eigenvalue weighted by Crippen LogP contribution is -3.11. The number of hydrogen-bond acceptors (Lipinski definition) is 3. The summed E-state index contributed by atoms with van der Waals surface area (Å²) in [5, 5.41) is 3.11. The number of nitrogens with one attached hydrogen (secondary N) is 2. The third kappa shape index (κ3) is 3.96. The molecule has 2 aliphatic rings. The number of rotatable bonds is 5. The molecular formula is C18H27N2O3+. The highest BCUT2D eigenvalue weighted by Gasteiger charge is 2.28. The molecule has 3 rings (SSSR count). The van der Waals surface area contributed by atoms with Crippen molar-refractivity contribution in [3.63, 3.8) is 0 Å². The zero-order chi connectivity index (χ0) is 16.2. The number of piperidine rings is 1. The summed E-state index contributed by atoms with van der Waals surface area (Å²) in [6.07, 6.45) is 2.93. The highest BCUT2D eigenvalue weighted by atomic mass is 16.7. The third-order valence-electron chi connectivity index (χ3n) is 4.96. The maximum absolute atomic E-state index is 12.2. The van der Waals surface area contributed by atoms with Crippen molar-refractivity contribution >= 4 is 5.91 Å². The van der Waals surface area contributed by atoms with Crippen molar-refractivity contribution in [2.75, 3.05) is 19.9 Å². The second kappa shape index (κ2) is 7.21. The van der Waals surface area contributed by atoms with Crippen molar-refractivity contribution in [1.29, 1.82) is 0 Å². The summed E-state index contributed by atoms with van der Waals surface area (Å²) in [4.78, 5) is 13.7. The molecule has 0 bridgehead atoms. The van der Waals surface area contributed by atoms with E-state index in [1.54, 1.807) is 0 Å². The van der Waals surface area contributed by atoms with Crippen LogP contribution in [-0.2, 0) is 11.3 Å². The van der Waals surface area contributed by atoms with E-state index < -0.39 is 0 Å². The largest absolute Gasteiger partial charge is 0.454 e. The molecule has 1 aromatic rings. The Morgan fingerprint density at radius 1 is 1.30 bits per heavy atom. The highest BCUT2D eigenvalue weighted by molar-refractivity contribution is 5.78. The van der Waals surface area contributed by atoms with Crippen LogP contribution in [0.25, 0.3) is 0 Å². The van der Waals surface area contributed by atoms with Crippen LogP contribution in [-0.4, -0.2) is 31.8 Å². The third-order valence-corrected chi connectivity index (χ3v) is 4.96. The number of likely N-dealkylation sites (tertiary alicyclic amines) is 1. The fourth-order valence-electron chi connectivity index (χ4n) is 3.27. The predicted octanol–water partition coefficient (Wildman–Crippen LogP) is 1.12. The number of hydrogen-bond donors (Lipinski definition) is 2. The van der Waals surface area contributed by atoms with E-state index in [9.17, 15) is 4.79 Å². The van der Waals surface area contributed by atoms with E-state index >= 15 is 0 Å². The Bertz CT molecular complexity index is 553. The van der Waals surface area contributed by atoms with Gasteiger partial charge in [-0.05, 0) is 31.5 Å². The van der Waals surface area contributed by atoms with Crippen LogP contribution in [0.4, 0.5) is 0 Å². The molecule has 5 heteroatoms. The Labute approximate surface area is 137 Å². The number of carbonyl (C=O) groups is 1. The molecule has 126 valence electrons. The van der Waals surface area contributed by atoms with Crippen LogP contribution < -0.4 is 19.7 Å². The lowest BCUT2D eigenvalue weighted by Gasteiger charge is -2.29. The lowest BCUT2D eigenvalue weighted by molar-refractivity contribution is -0.919. The molecule has 0 radical (unpaired) electrons. The summed E-state index contributed by atoms with van der Waals surface area (Å²) in [6.45, 7) is 7.57. The van der Waals surface area contributed by atoms with Gasteiger partial charge in [0.1, 0.15) is 6.54 Å². The van der Waals surface area contributed by atoms with E-state index in [-0.39, 0.29) is 17.9 Å². The number of amides is 1. The molecule has 2 N–H and O–H groups in total. The van der Waals surface area contributed by atoms with Gasteiger partial charge in [-0.3, -0.25) is 4.79 Å². The second-order valence-electron chi connectivity index (χ2n) is 6.71. The maximum Gasteiger partial charge on any atom is 0.231 e. The number of benzene rings is 1. The molecule has 2 heterocycles. The quantitative estimate of drug-likeness (QED) is 0.855. The Hall–Kier alpha value is -1.75. The van der Waals surface area contributed by atoms with E-state index in [1.807, 2.05) is 6.07 Å². The van der Waals surface area contributed by atoms with Gasteiger partial charge >= 0.3 is 0 Å². The van der Waals surface area contributed by atoms with Crippen LogP contribution in [0, 0.1) is 5.92 Å².